The fraction of sp³-hybridized carbons (Fsp3) is 0.625. The van der Waals surface area contributed by atoms with Crippen LogP contribution in [0.1, 0.15) is 44.2 Å². The highest BCUT2D eigenvalue weighted by Gasteiger charge is 2.25. The maximum Gasteiger partial charge on any atom is 0.145 e. The molecule has 1 aromatic rings. The smallest absolute Gasteiger partial charge is 0.145 e. The van der Waals surface area contributed by atoms with E-state index in [1.807, 2.05) is 11.8 Å². The second kappa shape index (κ2) is 8.49. The molecule has 1 unspecified atom stereocenters. The molecule has 118 valence electrons. The highest BCUT2D eigenvalue weighted by atomic mass is 79.9. The first-order valence-corrected chi connectivity index (χ1v) is 9.52. The maximum atomic E-state index is 14.4. The van der Waals surface area contributed by atoms with Crippen LogP contribution < -0.4 is 5.32 Å². The van der Waals surface area contributed by atoms with Gasteiger partial charge in [-0.05, 0) is 77.7 Å². The minimum absolute atomic E-state index is 0.191. The van der Waals surface area contributed by atoms with Crippen LogP contribution >= 0.6 is 27.7 Å². The van der Waals surface area contributed by atoms with Crippen molar-refractivity contribution in [2.45, 2.75) is 38.6 Å². The minimum Gasteiger partial charge on any atom is -0.310 e. The van der Waals surface area contributed by atoms with E-state index in [1.54, 1.807) is 0 Å². The molecular weight excluding hydrogens is 356 g/mol. The zero-order valence-electron chi connectivity index (χ0n) is 12.3. The average Bonchev–Trinajstić information content (AvgIpc) is 2.50. The fourth-order valence-corrected chi connectivity index (χ4v) is 4.35. The largest absolute Gasteiger partial charge is 0.310 e. The molecule has 1 aromatic carbocycles. The first-order chi connectivity index (χ1) is 10.1. The number of thioether (sulfide) groups is 1. The van der Waals surface area contributed by atoms with Gasteiger partial charge >= 0.3 is 0 Å². The molecule has 0 saturated carbocycles. The summed E-state index contributed by atoms with van der Waals surface area (Å²) in [4.78, 5) is 0. The van der Waals surface area contributed by atoms with Crippen molar-refractivity contribution < 1.29 is 8.78 Å². The van der Waals surface area contributed by atoms with Crippen molar-refractivity contribution in [2.75, 3.05) is 18.1 Å². The van der Waals surface area contributed by atoms with Gasteiger partial charge in [-0.3, -0.25) is 0 Å². The van der Waals surface area contributed by atoms with Gasteiger partial charge in [0.05, 0.1) is 4.47 Å². The van der Waals surface area contributed by atoms with Crippen molar-refractivity contribution in [1.29, 1.82) is 0 Å². The van der Waals surface area contributed by atoms with E-state index in [0.29, 0.717) is 10.4 Å². The van der Waals surface area contributed by atoms with E-state index in [9.17, 15) is 8.78 Å². The Hall–Kier alpha value is -0.130. The van der Waals surface area contributed by atoms with Crippen molar-refractivity contribution in [3.05, 3.63) is 33.8 Å². The Bertz CT molecular complexity index is 464. The lowest BCUT2D eigenvalue weighted by atomic mass is 9.90. The van der Waals surface area contributed by atoms with E-state index >= 15 is 0 Å². The number of benzene rings is 1. The Morgan fingerprint density at radius 2 is 2.05 bits per heavy atom. The Morgan fingerprint density at radius 1 is 1.33 bits per heavy atom. The quantitative estimate of drug-likeness (QED) is 0.674. The molecule has 1 saturated heterocycles. The number of rotatable bonds is 6. The van der Waals surface area contributed by atoms with Gasteiger partial charge in [-0.15, -0.1) is 0 Å². The molecule has 0 aromatic heterocycles. The molecule has 1 fully saturated rings. The molecule has 2 rings (SSSR count). The zero-order valence-corrected chi connectivity index (χ0v) is 14.7. The predicted octanol–water partition coefficient (Wildman–Crippen LogP) is 5.30. The van der Waals surface area contributed by atoms with Crippen LogP contribution in [0.5, 0.6) is 0 Å². The van der Waals surface area contributed by atoms with Crippen LogP contribution in [0.15, 0.2) is 16.6 Å². The highest BCUT2D eigenvalue weighted by molar-refractivity contribution is 9.10. The first-order valence-electron chi connectivity index (χ1n) is 7.58. The first kappa shape index (κ1) is 17.2. The van der Waals surface area contributed by atoms with Crippen molar-refractivity contribution >= 4 is 27.7 Å². The SMILES string of the molecule is CCCNC(CC1CCSCC1)c1c(F)ccc(Br)c1F. The van der Waals surface area contributed by atoms with E-state index in [2.05, 4.69) is 28.2 Å². The molecule has 1 aliphatic heterocycles. The molecule has 1 atom stereocenters. The maximum absolute atomic E-state index is 14.4. The van der Waals surface area contributed by atoms with Crippen LogP contribution in [-0.4, -0.2) is 18.1 Å². The second-order valence-electron chi connectivity index (χ2n) is 5.56. The number of halogens is 3. The van der Waals surface area contributed by atoms with Gasteiger partial charge in [0, 0.05) is 11.6 Å². The minimum atomic E-state index is -0.464. The lowest BCUT2D eigenvalue weighted by Crippen LogP contribution is -2.27. The van der Waals surface area contributed by atoms with Crippen LogP contribution in [0, 0.1) is 17.6 Å². The molecule has 0 radical (unpaired) electrons. The van der Waals surface area contributed by atoms with E-state index in [4.69, 9.17) is 0 Å². The lowest BCUT2D eigenvalue weighted by molar-refractivity contribution is 0.353. The van der Waals surface area contributed by atoms with Gasteiger partial charge in [-0.1, -0.05) is 6.92 Å². The van der Waals surface area contributed by atoms with Crippen molar-refractivity contribution in [1.82, 2.24) is 5.32 Å². The summed E-state index contributed by atoms with van der Waals surface area (Å²) in [5, 5.41) is 3.33. The fourth-order valence-electron chi connectivity index (χ4n) is 2.80. The molecule has 1 heterocycles. The van der Waals surface area contributed by atoms with E-state index < -0.39 is 11.6 Å². The number of nitrogens with one attached hydrogen (secondary N) is 1. The van der Waals surface area contributed by atoms with Gasteiger partial charge in [-0.2, -0.15) is 11.8 Å². The Labute approximate surface area is 138 Å². The molecule has 0 spiro atoms. The van der Waals surface area contributed by atoms with Crippen LogP contribution in [0.25, 0.3) is 0 Å². The Balaban J connectivity index is 2.20. The van der Waals surface area contributed by atoms with Crippen molar-refractivity contribution in [3.63, 3.8) is 0 Å². The second-order valence-corrected chi connectivity index (χ2v) is 7.63. The van der Waals surface area contributed by atoms with Gasteiger partial charge in [0.15, 0.2) is 0 Å². The third kappa shape index (κ3) is 4.67. The molecular formula is C16H22BrF2NS. The average molecular weight is 378 g/mol. The molecule has 0 bridgehead atoms. The Morgan fingerprint density at radius 3 is 2.71 bits per heavy atom. The summed E-state index contributed by atoms with van der Waals surface area (Å²) in [6.45, 7) is 2.84. The van der Waals surface area contributed by atoms with Gasteiger partial charge in [0.1, 0.15) is 11.6 Å². The van der Waals surface area contributed by atoms with Gasteiger partial charge in [0.2, 0.25) is 0 Å². The lowest BCUT2D eigenvalue weighted by Gasteiger charge is -2.28. The summed E-state index contributed by atoms with van der Waals surface area (Å²) in [6.07, 6.45) is 4.05. The zero-order chi connectivity index (χ0) is 15.2. The van der Waals surface area contributed by atoms with Crippen LogP contribution in [0.3, 0.4) is 0 Å². The molecule has 21 heavy (non-hydrogen) atoms. The standard InChI is InChI=1S/C16H22BrF2NS/c1-2-7-20-14(10-11-5-8-21-9-6-11)15-13(18)4-3-12(17)16(15)19/h3-4,11,14,20H,2,5-10H2,1H3. The molecule has 1 N–H and O–H groups in total. The summed E-state index contributed by atoms with van der Waals surface area (Å²) in [6, 6.07) is 2.54. The Kier molecular flexibility index (Phi) is 6.96. The van der Waals surface area contributed by atoms with Crippen LogP contribution in [0.2, 0.25) is 0 Å². The van der Waals surface area contributed by atoms with E-state index in [-0.39, 0.29) is 11.6 Å². The third-order valence-corrected chi connectivity index (χ3v) is 5.64. The predicted molar refractivity (Wildman–Crippen MR) is 89.8 cm³/mol. The third-order valence-electron chi connectivity index (χ3n) is 3.98. The topological polar surface area (TPSA) is 12.0 Å². The van der Waals surface area contributed by atoms with E-state index in [0.717, 1.165) is 43.7 Å². The van der Waals surface area contributed by atoms with Gasteiger partial charge < -0.3 is 5.32 Å². The summed E-state index contributed by atoms with van der Waals surface area (Å²) >= 11 is 5.14. The molecule has 5 heteroatoms. The summed E-state index contributed by atoms with van der Waals surface area (Å²) < 4.78 is 28.9. The van der Waals surface area contributed by atoms with Gasteiger partial charge in [-0.25, -0.2) is 8.78 Å². The summed E-state index contributed by atoms with van der Waals surface area (Å²) in [5.74, 6) is 1.96. The number of hydrogen-bond donors (Lipinski definition) is 1. The number of hydrogen-bond acceptors (Lipinski definition) is 2. The monoisotopic (exact) mass is 377 g/mol. The molecule has 0 amide bonds. The summed E-state index contributed by atoms with van der Waals surface area (Å²) in [7, 11) is 0. The summed E-state index contributed by atoms with van der Waals surface area (Å²) in [5.41, 5.74) is 0.191. The molecule has 1 nitrogen and oxygen atoms in total. The normalized spacial score (nSPS) is 17.9. The highest BCUT2D eigenvalue weighted by Crippen LogP contribution is 2.34. The van der Waals surface area contributed by atoms with E-state index in [1.165, 1.54) is 12.1 Å². The molecule has 1 aliphatic rings. The van der Waals surface area contributed by atoms with Crippen LogP contribution in [0.4, 0.5) is 8.78 Å². The molecule has 0 aliphatic carbocycles. The van der Waals surface area contributed by atoms with Crippen molar-refractivity contribution in [2.24, 2.45) is 5.92 Å². The van der Waals surface area contributed by atoms with Crippen LogP contribution in [-0.2, 0) is 0 Å². The van der Waals surface area contributed by atoms with Crippen molar-refractivity contribution in [3.8, 4) is 0 Å². The van der Waals surface area contributed by atoms with Gasteiger partial charge in [0.25, 0.3) is 0 Å².